The first-order valence-corrected chi connectivity index (χ1v) is 10.4. The monoisotopic (exact) mass is 404 g/mol. The molecule has 1 aromatic heterocycles. The molecule has 2 rings (SSSR count). The fourth-order valence-electron chi connectivity index (χ4n) is 3.37. The Hall–Kier alpha value is -1.74. The number of aromatic amines is 1. The van der Waals surface area contributed by atoms with Crippen LogP contribution < -0.4 is 11.2 Å². The summed E-state index contributed by atoms with van der Waals surface area (Å²) in [4.78, 5) is 56.0. The van der Waals surface area contributed by atoms with Crippen molar-refractivity contribution in [2.75, 3.05) is 13.7 Å². The largest absolute Gasteiger partial charge is 0.467 e. The van der Waals surface area contributed by atoms with Crippen molar-refractivity contribution in [2.24, 2.45) is 11.8 Å². The van der Waals surface area contributed by atoms with E-state index in [9.17, 15) is 28.7 Å². The van der Waals surface area contributed by atoms with Gasteiger partial charge in [0.15, 0.2) is 0 Å². The van der Waals surface area contributed by atoms with Crippen LogP contribution in [0.15, 0.2) is 15.8 Å². The zero-order valence-electron chi connectivity index (χ0n) is 15.3. The van der Waals surface area contributed by atoms with Gasteiger partial charge in [0.25, 0.3) is 11.4 Å². The molecule has 3 N–H and O–H groups in total. The summed E-state index contributed by atoms with van der Waals surface area (Å²) in [6, 6.07) is 0. The molecule has 0 radical (unpaired) electrons. The van der Waals surface area contributed by atoms with Crippen molar-refractivity contribution in [1.29, 1.82) is 0 Å². The van der Waals surface area contributed by atoms with Crippen LogP contribution in [0.2, 0.25) is 0 Å². The Bertz CT molecular complexity index is 826. The van der Waals surface area contributed by atoms with E-state index < -0.39 is 30.7 Å². The van der Waals surface area contributed by atoms with Crippen molar-refractivity contribution >= 4 is 13.6 Å². The normalized spacial score (nSPS) is 21.6. The number of esters is 1. The van der Waals surface area contributed by atoms with Crippen molar-refractivity contribution in [3.05, 3.63) is 32.6 Å². The van der Waals surface area contributed by atoms with Crippen molar-refractivity contribution < 1.29 is 28.6 Å². The third kappa shape index (κ3) is 5.62. The molecule has 1 aromatic rings. The molecule has 0 bridgehead atoms. The third-order valence-corrected chi connectivity index (χ3v) is 5.83. The molecular weight excluding hydrogens is 379 g/mol. The molecule has 0 aliphatic heterocycles. The van der Waals surface area contributed by atoms with E-state index in [0.717, 1.165) is 32.8 Å². The van der Waals surface area contributed by atoms with Crippen molar-refractivity contribution in [3.8, 4) is 0 Å². The van der Waals surface area contributed by atoms with E-state index in [0.29, 0.717) is 12.1 Å². The smallest absolute Gasteiger partial charge is 0.365 e. The Morgan fingerprint density at radius 3 is 2.56 bits per heavy atom. The number of rotatable bonds is 7. The average Bonchev–Trinajstić information content (AvgIpc) is 2.59. The first-order chi connectivity index (χ1) is 12.6. The van der Waals surface area contributed by atoms with Crippen LogP contribution in [-0.2, 0) is 25.4 Å². The summed E-state index contributed by atoms with van der Waals surface area (Å²) in [5.41, 5.74) is -0.508. The van der Waals surface area contributed by atoms with E-state index in [-0.39, 0.29) is 18.4 Å². The summed E-state index contributed by atoms with van der Waals surface area (Å²) >= 11 is 0. The van der Waals surface area contributed by atoms with Gasteiger partial charge in [-0.15, -0.1) is 0 Å². The number of methoxy groups -OCH3 is 1. The molecule has 1 aliphatic rings. The molecule has 152 valence electrons. The summed E-state index contributed by atoms with van der Waals surface area (Å²) in [5.74, 6) is -3.15. The minimum atomic E-state index is -4.81. The van der Waals surface area contributed by atoms with Gasteiger partial charge in [-0.05, 0) is 31.6 Å². The highest BCUT2D eigenvalue weighted by molar-refractivity contribution is 7.53. The number of H-pyrrole nitrogens is 1. The van der Waals surface area contributed by atoms with Gasteiger partial charge in [-0.25, -0.2) is 9.59 Å². The van der Waals surface area contributed by atoms with Gasteiger partial charge < -0.3 is 23.8 Å². The number of aromatic nitrogens is 2. The van der Waals surface area contributed by atoms with Gasteiger partial charge in [0.1, 0.15) is 0 Å². The molecule has 1 aliphatic carbocycles. The predicted molar refractivity (Wildman–Crippen MR) is 95.3 cm³/mol. The van der Waals surface area contributed by atoms with Crippen LogP contribution in [0.4, 0.5) is 0 Å². The highest BCUT2D eigenvalue weighted by atomic mass is 31.2. The minimum Gasteiger partial charge on any atom is -0.467 e. The first kappa shape index (κ1) is 21.6. The number of nitrogens with one attached hydrogen (secondary N) is 1. The Labute approximate surface area is 155 Å². The van der Waals surface area contributed by atoms with E-state index in [1.54, 1.807) is 6.92 Å². The maximum atomic E-state index is 12.0. The molecule has 10 nitrogen and oxygen atoms in total. The van der Waals surface area contributed by atoms with Gasteiger partial charge in [0, 0.05) is 18.3 Å². The lowest BCUT2D eigenvalue weighted by atomic mass is 9.79. The SMILES string of the molecule is COC(=O)C(OCC1CCCCC1Cn1cc(C)c(=O)[nH]c1=O)P(=O)(O)O. The lowest BCUT2D eigenvalue weighted by molar-refractivity contribution is -0.150. The average molecular weight is 404 g/mol. The molecule has 3 unspecified atom stereocenters. The summed E-state index contributed by atoms with van der Waals surface area (Å²) < 4.78 is 22.6. The van der Waals surface area contributed by atoms with Crippen LogP contribution >= 0.6 is 7.60 Å². The molecule has 1 heterocycles. The van der Waals surface area contributed by atoms with Gasteiger partial charge in [0.05, 0.1) is 13.7 Å². The molecule has 1 saturated carbocycles. The fraction of sp³-hybridized carbons (Fsp3) is 0.688. The molecule has 0 amide bonds. The highest BCUT2D eigenvalue weighted by Gasteiger charge is 2.39. The number of hydrogen-bond donors (Lipinski definition) is 3. The molecule has 11 heteroatoms. The first-order valence-electron chi connectivity index (χ1n) is 8.68. The molecule has 27 heavy (non-hydrogen) atoms. The zero-order chi connectivity index (χ0) is 20.2. The second kappa shape index (κ2) is 8.97. The lowest BCUT2D eigenvalue weighted by Crippen LogP contribution is -2.37. The van der Waals surface area contributed by atoms with E-state index >= 15 is 0 Å². The molecular formula is C16H25N2O8P. The molecule has 0 saturated heterocycles. The van der Waals surface area contributed by atoms with Gasteiger partial charge in [-0.2, -0.15) is 0 Å². The summed E-state index contributed by atoms with van der Waals surface area (Å²) in [5, 5.41) is 0. The number of aryl methyl sites for hydroxylation is 1. The fourth-order valence-corrected chi connectivity index (χ4v) is 4.03. The van der Waals surface area contributed by atoms with Crippen LogP contribution in [0.25, 0.3) is 0 Å². The highest BCUT2D eigenvalue weighted by Crippen LogP contribution is 2.43. The van der Waals surface area contributed by atoms with Crippen LogP contribution in [0.1, 0.15) is 31.2 Å². The van der Waals surface area contributed by atoms with Crippen LogP contribution in [0.3, 0.4) is 0 Å². The zero-order valence-corrected chi connectivity index (χ0v) is 16.2. The molecule has 0 aromatic carbocycles. The van der Waals surface area contributed by atoms with Gasteiger partial charge in [-0.3, -0.25) is 14.3 Å². The second-order valence-corrected chi connectivity index (χ2v) is 8.47. The van der Waals surface area contributed by atoms with E-state index in [2.05, 4.69) is 9.72 Å². The van der Waals surface area contributed by atoms with Gasteiger partial charge >= 0.3 is 19.3 Å². The third-order valence-electron chi connectivity index (χ3n) is 4.86. The predicted octanol–water partition coefficient (Wildman–Crippen LogP) is 0.345. The Kier molecular flexibility index (Phi) is 7.16. The van der Waals surface area contributed by atoms with Gasteiger partial charge in [0.2, 0.25) is 0 Å². The number of nitrogens with zero attached hydrogens (tertiary/aromatic N) is 1. The van der Waals surface area contributed by atoms with Crippen molar-refractivity contribution in [1.82, 2.24) is 9.55 Å². The summed E-state index contributed by atoms with van der Waals surface area (Å²) in [6.45, 7) is 1.92. The lowest BCUT2D eigenvalue weighted by Gasteiger charge is -2.32. The van der Waals surface area contributed by atoms with E-state index in [4.69, 9.17) is 4.74 Å². The topological polar surface area (TPSA) is 148 Å². The standard InChI is InChI=1S/C16H25N2O8P/c1-10-7-18(16(21)17-13(10)19)8-11-5-3-4-6-12(11)9-26-15(14(20)25-2)27(22,23)24/h7,11-12,15H,3-6,8-9H2,1-2H3,(H,17,19,21)(H2,22,23,24). The van der Waals surface area contributed by atoms with Crippen molar-refractivity contribution in [3.63, 3.8) is 0 Å². The van der Waals surface area contributed by atoms with Crippen LogP contribution in [0.5, 0.6) is 0 Å². The molecule has 1 fully saturated rings. The van der Waals surface area contributed by atoms with Crippen LogP contribution in [0, 0.1) is 18.8 Å². The Morgan fingerprint density at radius 2 is 1.96 bits per heavy atom. The molecule has 0 spiro atoms. The maximum absolute atomic E-state index is 12.0. The van der Waals surface area contributed by atoms with Crippen LogP contribution in [-0.4, -0.2) is 44.9 Å². The number of carbonyl (C=O) groups excluding carboxylic acids is 1. The Morgan fingerprint density at radius 1 is 1.33 bits per heavy atom. The number of ether oxygens (including phenoxy) is 2. The number of hydrogen-bond acceptors (Lipinski definition) is 6. The Balaban J connectivity index is 2.12. The second-order valence-electron chi connectivity index (χ2n) is 6.83. The van der Waals surface area contributed by atoms with E-state index in [1.807, 2.05) is 0 Å². The number of carbonyl (C=O) groups is 1. The quantitative estimate of drug-likeness (QED) is 0.435. The summed E-state index contributed by atoms with van der Waals surface area (Å²) in [6.07, 6.45) is 4.93. The molecule has 3 atom stereocenters. The maximum Gasteiger partial charge on any atom is 0.365 e. The van der Waals surface area contributed by atoms with Crippen molar-refractivity contribution in [2.45, 2.75) is 45.0 Å². The van der Waals surface area contributed by atoms with E-state index in [1.165, 1.54) is 10.8 Å². The summed E-state index contributed by atoms with van der Waals surface area (Å²) in [7, 11) is -3.78. The minimum absolute atomic E-state index is 0.0109. The van der Waals surface area contributed by atoms with Gasteiger partial charge in [-0.1, -0.05) is 12.8 Å².